The number of carbonyl (C=O) groups is 1. The van der Waals surface area contributed by atoms with Crippen molar-refractivity contribution in [3.8, 4) is 0 Å². The van der Waals surface area contributed by atoms with Crippen LogP contribution >= 0.6 is 0 Å². The van der Waals surface area contributed by atoms with Gasteiger partial charge in [0.25, 0.3) is 0 Å². The smallest absolute Gasteiger partial charge is 0.234 e. The van der Waals surface area contributed by atoms with Crippen molar-refractivity contribution in [1.29, 1.82) is 0 Å². The summed E-state index contributed by atoms with van der Waals surface area (Å²) < 4.78 is 0. The van der Waals surface area contributed by atoms with E-state index in [9.17, 15) is 4.79 Å². The highest BCUT2D eigenvalue weighted by atomic mass is 16.2. The van der Waals surface area contributed by atoms with Crippen molar-refractivity contribution in [3.63, 3.8) is 0 Å². The molecule has 2 heterocycles. The fourth-order valence-corrected chi connectivity index (χ4v) is 1.88. The van der Waals surface area contributed by atoms with Gasteiger partial charge in [0.15, 0.2) is 0 Å². The van der Waals surface area contributed by atoms with Crippen LogP contribution in [0.25, 0.3) is 0 Å². The molecule has 0 spiro atoms. The summed E-state index contributed by atoms with van der Waals surface area (Å²) in [6.07, 6.45) is 0. The Balaban J connectivity index is 1.82. The normalized spacial score (nSPS) is 31.4. The molecule has 0 radical (unpaired) electrons. The molecule has 1 unspecified atom stereocenters. The van der Waals surface area contributed by atoms with Crippen molar-refractivity contribution in [2.45, 2.75) is 6.04 Å². The van der Waals surface area contributed by atoms with Crippen molar-refractivity contribution in [1.82, 2.24) is 21.3 Å². The lowest BCUT2D eigenvalue weighted by atomic mass is 9.97. The van der Waals surface area contributed by atoms with E-state index >= 15 is 0 Å². The molecule has 4 N–H and O–H groups in total. The van der Waals surface area contributed by atoms with Crippen molar-refractivity contribution >= 4 is 5.91 Å². The molecule has 0 aromatic rings. The van der Waals surface area contributed by atoms with Gasteiger partial charge in [-0.15, -0.1) is 0 Å². The van der Waals surface area contributed by atoms with Gasteiger partial charge in [0.05, 0.1) is 6.54 Å². The minimum Gasteiger partial charge on any atom is -0.353 e. The Hall–Kier alpha value is -0.650. The Bertz CT molecular complexity index is 181. The molecule has 2 rings (SSSR count). The van der Waals surface area contributed by atoms with Crippen LogP contribution in [0, 0.1) is 5.92 Å². The van der Waals surface area contributed by atoms with Gasteiger partial charge in [-0.25, -0.2) is 0 Å². The fraction of sp³-hybridized carbons (Fsp3) is 0.875. The molecule has 0 bridgehead atoms. The first-order valence-electron chi connectivity index (χ1n) is 4.78. The zero-order valence-electron chi connectivity index (χ0n) is 7.60. The van der Waals surface area contributed by atoms with Gasteiger partial charge in [-0.1, -0.05) is 0 Å². The Morgan fingerprint density at radius 2 is 1.92 bits per heavy atom. The second kappa shape index (κ2) is 4.04. The van der Waals surface area contributed by atoms with Crippen LogP contribution in [0.15, 0.2) is 0 Å². The monoisotopic (exact) mass is 184 g/mol. The Kier molecular flexibility index (Phi) is 2.77. The number of carbonyl (C=O) groups excluding carboxylic acids is 1. The molecule has 1 atom stereocenters. The Morgan fingerprint density at radius 3 is 2.54 bits per heavy atom. The molecular formula is C8H16N4O. The summed E-state index contributed by atoms with van der Waals surface area (Å²) in [6, 6.07) is 0.415. The number of hydrogen-bond donors (Lipinski definition) is 4. The lowest BCUT2D eigenvalue weighted by Crippen LogP contribution is -2.60. The summed E-state index contributed by atoms with van der Waals surface area (Å²) in [4.78, 5) is 10.9. The molecule has 0 saturated carbocycles. The molecule has 2 aliphatic heterocycles. The van der Waals surface area contributed by atoms with Crippen LogP contribution in [0.4, 0.5) is 0 Å². The second-order valence-corrected chi connectivity index (χ2v) is 3.64. The van der Waals surface area contributed by atoms with Crippen LogP contribution in [-0.2, 0) is 4.79 Å². The van der Waals surface area contributed by atoms with Crippen LogP contribution in [0.5, 0.6) is 0 Å². The third-order valence-corrected chi connectivity index (χ3v) is 2.68. The maximum Gasteiger partial charge on any atom is 0.234 e. The summed E-state index contributed by atoms with van der Waals surface area (Å²) in [6.45, 7) is 4.17. The van der Waals surface area contributed by atoms with Gasteiger partial charge in [-0.2, -0.15) is 0 Å². The van der Waals surface area contributed by atoms with Crippen LogP contribution in [0.2, 0.25) is 0 Å². The molecule has 74 valence electrons. The lowest BCUT2D eigenvalue weighted by molar-refractivity contribution is -0.121. The van der Waals surface area contributed by atoms with E-state index in [0.717, 1.165) is 26.3 Å². The number of hydrogen-bond acceptors (Lipinski definition) is 4. The van der Waals surface area contributed by atoms with E-state index in [1.807, 2.05) is 0 Å². The van der Waals surface area contributed by atoms with E-state index in [1.165, 1.54) is 0 Å². The first kappa shape index (κ1) is 8.93. The van der Waals surface area contributed by atoms with Crippen molar-refractivity contribution < 1.29 is 4.79 Å². The molecule has 2 fully saturated rings. The van der Waals surface area contributed by atoms with Crippen molar-refractivity contribution in [3.05, 3.63) is 0 Å². The minimum absolute atomic E-state index is 0.105. The van der Waals surface area contributed by atoms with Crippen LogP contribution in [0.1, 0.15) is 0 Å². The molecule has 13 heavy (non-hydrogen) atoms. The molecule has 5 nitrogen and oxygen atoms in total. The summed E-state index contributed by atoms with van der Waals surface area (Å²) in [7, 11) is 0. The zero-order chi connectivity index (χ0) is 9.10. The number of nitrogens with one attached hydrogen (secondary N) is 4. The average molecular weight is 184 g/mol. The molecule has 2 saturated heterocycles. The van der Waals surface area contributed by atoms with Crippen molar-refractivity contribution in [2.24, 2.45) is 5.92 Å². The SMILES string of the molecule is O=C1CNC(C2CNCNC2)CN1. The van der Waals surface area contributed by atoms with Crippen molar-refractivity contribution in [2.75, 3.05) is 32.8 Å². The van der Waals surface area contributed by atoms with E-state index in [1.54, 1.807) is 0 Å². The minimum atomic E-state index is 0.105. The van der Waals surface area contributed by atoms with Gasteiger partial charge >= 0.3 is 0 Å². The number of rotatable bonds is 1. The first-order chi connectivity index (χ1) is 6.36. The lowest BCUT2D eigenvalue weighted by Gasteiger charge is -2.34. The van der Waals surface area contributed by atoms with E-state index in [2.05, 4.69) is 21.3 Å². The standard InChI is InChI=1S/C8H16N4O/c13-8-4-11-7(3-12-8)6-1-9-5-10-2-6/h6-7,9-11H,1-5H2,(H,12,13). The van der Waals surface area contributed by atoms with Gasteiger partial charge in [-0.05, 0) is 0 Å². The number of amides is 1. The highest BCUT2D eigenvalue weighted by Gasteiger charge is 2.26. The summed E-state index contributed by atoms with van der Waals surface area (Å²) in [5.74, 6) is 0.683. The van der Waals surface area contributed by atoms with Gasteiger partial charge in [-0.3, -0.25) is 4.79 Å². The highest BCUT2D eigenvalue weighted by Crippen LogP contribution is 2.05. The molecule has 1 amide bonds. The fourth-order valence-electron chi connectivity index (χ4n) is 1.88. The Morgan fingerprint density at radius 1 is 1.15 bits per heavy atom. The van der Waals surface area contributed by atoms with E-state index in [-0.39, 0.29) is 5.91 Å². The van der Waals surface area contributed by atoms with E-state index in [0.29, 0.717) is 18.5 Å². The molecule has 5 heteroatoms. The van der Waals surface area contributed by atoms with Gasteiger partial charge in [0, 0.05) is 38.3 Å². The molecule has 0 aliphatic carbocycles. The molecule has 0 aromatic heterocycles. The van der Waals surface area contributed by atoms with Crippen LogP contribution < -0.4 is 21.3 Å². The first-order valence-corrected chi connectivity index (χ1v) is 4.78. The van der Waals surface area contributed by atoms with Crippen LogP contribution in [-0.4, -0.2) is 44.8 Å². The summed E-state index contributed by atoms with van der Waals surface area (Å²) in [5, 5.41) is 12.7. The summed E-state index contributed by atoms with van der Waals surface area (Å²) >= 11 is 0. The molecular weight excluding hydrogens is 168 g/mol. The number of piperazine rings is 1. The predicted molar refractivity (Wildman–Crippen MR) is 49.2 cm³/mol. The Labute approximate surface area is 77.6 Å². The molecule has 0 aromatic carbocycles. The van der Waals surface area contributed by atoms with Gasteiger partial charge in [0.2, 0.25) is 5.91 Å². The topological polar surface area (TPSA) is 65.2 Å². The molecule has 2 aliphatic rings. The highest BCUT2D eigenvalue weighted by molar-refractivity contribution is 5.78. The largest absolute Gasteiger partial charge is 0.353 e. The quantitative estimate of drug-likeness (QED) is 0.375. The summed E-state index contributed by atoms with van der Waals surface area (Å²) in [5.41, 5.74) is 0. The maximum absolute atomic E-state index is 10.9. The van der Waals surface area contributed by atoms with E-state index in [4.69, 9.17) is 0 Å². The predicted octanol–water partition coefficient (Wildman–Crippen LogP) is -2.16. The van der Waals surface area contributed by atoms with E-state index < -0.39 is 0 Å². The average Bonchev–Trinajstić information content (AvgIpc) is 2.20. The zero-order valence-corrected chi connectivity index (χ0v) is 7.60. The third kappa shape index (κ3) is 2.18. The van der Waals surface area contributed by atoms with Crippen LogP contribution in [0.3, 0.4) is 0 Å². The second-order valence-electron chi connectivity index (χ2n) is 3.64. The van der Waals surface area contributed by atoms with Gasteiger partial charge in [0.1, 0.15) is 0 Å². The van der Waals surface area contributed by atoms with Gasteiger partial charge < -0.3 is 21.3 Å². The maximum atomic E-state index is 10.9. The third-order valence-electron chi connectivity index (χ3n) is 2.68.